The molecule has 15 heavy (non-hydrogen) atoms. The second kappa shape index (κ2) is 4.57. The van der Waals surface area contributed by atoms with Gasteiger partial charge in [-0.15, -0.1) is 0 Å². The Morgan fingerprint density at radius 2 is 2.00 bits per heavy atom. The third-order valence-electron chi connectivity index (χ3n) is 2.85. The van der Waals surface area contributed by atoms with Crippen LogP contribution in [0.2, 0.25) is 0 Å². The molecule has 1 aliphatic heterocycles. The summed E-state index contributed by atoms with van der Waals surface area (Å²) in [4.78, 5) is 8.31. The summed E-state index contributed by atoms with van der Waals surface area (Å²) in [6.07, 6.45) is 3.99. The molecule has 0 spiro atoms. The maximum Gasteiger partial charge on any atom is 0.219 e. The van der Waals surface area contributed by atoms with Crippen LogP contribution in [0.4, 0.5) is 0 Å². The Morgan fingerprint density at radius 3 is 2.73 bits per heavy atom. The molecule has 0 radical (unpaired) electrons. The third kappa shape index (κ3) is 2.45. The highest BCUT2D eigenvalue weighted by atomic mass is 16.5. The third-order valence-corrected chi connectivity index (χ3v) is 2.85. The molecule has 0 aliphatic carbocycles. The van der Waals surface area contributed by atoms with Gasteiger partial charge in [0.05, 0.1) is 0 Å². The zero-order valence-electron chi connectivity index (χ0n) is 9.29. The van der Waals surface area contributed by atoms with Crippen LogP contribution in [-0.4, -0.2) is 29.2 Å². The van der Waals surface area contributed by atoms with Crippen molar-refractivity contribution in [1.29, 1.82) is 0 Å². The van der Waals surface area contributed by atoms with Crippen LogP contribution >= 0.6 is 0 Å². The molecule has 82 valence electrons. The molecule has 2 rings (SSSR count). The first-order chi connectivity index (χ1) is 7.27. The van der Waals surface area contributed by atoms with Gasteiger partial charge in [-0.2, -0.15) is 0 Å². The van der Waals surface area contributed by atoms with E-state index in [9.17, 15) is 0 Å². The molecule has 0 amide bonds. The standard InChI is InChI=1S/C11H17N3O/c1-8-9(2)13-7-14-11(8)15-10-3-5-12-6-4-10/h7,10,12H,3-6H2,1-2H3. The molecule has 4 heteroatoms. The van der Waals surface area contributed by atoms with Gasteiger partial charge in [0.1, 0.15) is 12.4 Å². The van der Waals surface area contributed by atoms with Crippen LogP contribution in [0.5, 0.6) is 5.88 Å². The lowest BCUT2D eigenvalue weighted by atomic mass is 10.1. The number of hydrogen-bond acceptors (Lipinski definition) is 4. The van der Waals surface area contributed by atoms with Gasteiger partial charge in [0.2, 0.25) is 5.88 Å². The Bertz CT molecular complexity index is 335. The van der Waals surface area contributed by atoms with E-state index < -0.39 is 0 Å². The van der Waals surface area contributed by atoms with Crippen molar-refractivity contribution in [3.63, 3.8) is 0 Å². The molecule has 1 aromatic heterocycles. The largest absolute Gasteiger partial charge is 0.474 e. The van der Waals surface area contributed by atoms with Crippen molar-refractivity contribution < 1.29 is 4.74 Å². The van der Waals surface area contributed by atoms with Gasteiger partial charge in [-0.3, -0.25) is 0 Å². The minimum Gasteiger partial charge on any atom is -0.474 e. The maximum atomic E-state index is 5.88. The first-order valence-electron chi connectivity index (χ1n) is 5.43. The van der Waals surface area contributed by atoms with Crippen LogP contribution in [0.1, 0.15) is 24.1 Å². The van der Waals surface area contributed by atoms with Gasteiger partial charge in [0.25, 0.3) is 0 Å². The van der Waals surface area contributed by atoms with Crippen LogP contribution in [0.3, 0.4) is 0 Å². The number of nitrogens with zero attached hydrogens (tertiary/aromatic N) is 2. The van der Waals surface area contributed by atoms with Crippen molar-refractivity contribution in [3.05, 3.63) is 17.6 Å². The molecule has 0 unspecified atom stereocenters. The molecule has 1 N–H and O–H groups in total. The lowest BCUT2D eigenvalue weighted by Gasteiger charge is -2.23. The topological polar surface area (TPSA) is 47.0 Å². The van der Waals surface area contributed by atoms with E-state index in [-0.39, 0.29) is 0 Å². The van der Waals surface area contributed by atoms with Crippen LogP contribution < -0.4 is 10.1 Å². The van der Waals surface area contributed by atoms with Crippen LogP contribution in [0.25, 0.3) is 0 Å². The van der Waals surface area contributed by atoms with Crippen molar-refractivity contribution in [2.24, 2.45) is 0 Å². The number of aromatic nitrogens is 2. The minimum absolute atomic E-state index is 0.305. The molecule has 2 heterocycles. The van der Waals surface area contributed by atoms with Crippen molar-refractivity contribution in [2.45, 2.75) is 32.8 Å². The minimum atomic E-state index is 0.305. The number of aryl methyl sites for hydroxylation is 1. The van der Waals surface area contributed by atoms with Gasteiger partial charge in [-0.25, -0.2) is 9.97 Å². The second-order valence-corrected chi connectivity index (χ2v) is 3.96. The summed E-state index contributed by atoms with van der Waals surface area (Å²) in [5.41, 5.74) is 2.05. The molecule has 1 saturated heterocycles. The predicted octanol–water partition coefficient (Wildman–Crippen LogP) is 1.22. The SMILES string of the molecule is Cc1ncnc(OC2CCNCC2)c1C. The van der Waals surface area contributed by atoms with E-state index in [1.807, 2.05) is 13.8 Å². The monoisotopic (exact) mass is 207 g/mol. The number of ether oxygens (including phenoxy) is 1. The Balaban J connectivity index is 2.06. The van der Waals surface area contributed by atoms with E-state index in [4.69, 9.17) is 4.74 Å². The molecule has 0 atom stereocenters. The number of piperidine rings is 1. The van der Waals surface area contributed by atoms with Gasteiger partial charge in [-0.1, -0.05) is 0 Å². The van der Waals surface area contributed by atoms with Crippen LogP contribution in [0.15, 0.2) is 6.33 Å². The zero-order valence-corrected chi connectivity index (χ0v) is 9.29. The molecule has 0 aromatic carbocycles. The molecular formula is C11H17N3O. The molecular weight excluding hydrogens is 190 g/mol. The quantitative estimate of drug-likeness (QED) is 0.792. The average Bonchev–Trinajstić information content (AvgIpc) is 2.26. The average molecular weight is 207 g/mol. The molecule has 4 nitrogen and oxygen atoms in total. The van der Waals surface area contributed by atoms with Gasteiger partial charge in [0.15, 0.2) is 0 Å². The number of nitrogens with one attached hydrogen (secondary N) is 1. The highest BCUT2D eigenvalue weighted by Crippen LogP contribution is 2.19. The Hall–Kier alpha value is -1.16. The summed E-state index contributed by atoms with van der Waals surface area (Å²) in [6, 6.07) is 0. The normalized spacial score (nSPS) is 17.7. The first-order valence-corrected chi connectivity index (χ1v) is 5.43. The summed E-state index contributed by atoms with van der Waals surface area (Å²) < 4.78 is 5.88. The number of hydrogen-bond donors (Lipinski definition) is 1. The second-order valence-electron chi connectivity index (χ2n) is 3.96. The summed E-state index contributed by atoms with van der Waals surface area (Å²) in [5.74, 6) is 0.745. The lowest BCUT2D eigenvalue weighted by molar-refractivity contribution is 0.154. The fraction of sp³-hybridized carbons (Fsp3) is 0.636. The lowest BCUT2D eigenvalue weighted by Crippen LogP contribution is -2.34. The van der Waals surface area contributed by atoms with E-state index in [0.29, 0.717) is 6.10 Å². The van der Waals surface area contributed by atoms with Gasteiger partial charge in [-0.05, 0) is 39.8 Å². The van der Waals surface area contributed by atoms with Crippen molar-refractivity contribution in [2.75, 3.05) is 13.1 Å². The predicted molar refractivity (Wildman–Crippen MR) is 58.0 cm³/mol. The first kappa shape index (κ1) is 10.4. The molecule has 1 aromatic rings. The van der Waals surface area contributed by atoms with Gasteiger partial charge in [0, 0.05) is 11.3 Å². The van der Waals surface area contributed by atoms with E-state index in [0.717, 1.165) is 43.1 Å². The Labute approximate surface area is 90.1 Å². The van der Waals surface area contributed by atoms with Crippen LogP contribution in [-0.2, 0) is 0 Å². The van der Waals surface area contributed by atoms with E-state index in [2.05, 4.69) is 15.3 Å². The smallest absolute Gasteiger partial charge is 0.219 e. The zero-order chi connectivity index (χ0) is 10.7. The maximum absolute atomic E-state index is 5.88. The van der Waals surface area contributed by atoms with Gasteiger partial charge >= 0.3 is 0 Å². The fourth-order valence-electron chi connectivity index (χ4n) is 1.71. The van der Waals surface area contributed by atoms with Crippen molar-refractivity contribution in [3.8, 4) is 5.88 Å². The molecule has 0 bridgehead atoms. The summed E-state index contributed by atoms with van der Waals surface area (Å²) >= 11 is 0. The molecule has 0 saturated carbocycles. The van der Waals surface area contributed by atoms with Crippen molar-refractivity contribution >= 4 is 0 Å². The highest BCUT2D eigenvalue weighted by Gasteiger charge is 2.16. The highest BCUT2D eigenvalue weighted by molar-refractivity contribution is 5.27. The van der Waals surface area contributed by atoms with E-state index in [1.54, 1.807) is 6.33 Å². The summed E-state index contributed by atoms with van der Waals surface area (Å²) in [7, 11) is 0. The Morgan fingerprint density at radius 1 is 1.27 bits per heavy atom. The fourth-order valence-corrected chi connectivity index (χ4v) is 1.71. The summed E-state index contributed by atoms with van der Waals surface area (Å²) in [5, 5.41) is 3.31. The van der Waals surface area contributed by atoms with E-state index in [1.165, 1.54) is 0 Å². The van der Waals surface area contributed by atoms with Crippen molar-refractivity contribution in [1.82, 2.24) is 15.3 Å². The van der Waals surface area contributed by atoms with Crippen LogP contribution in [0, 0.1) is 13.8 Å². The summed E-state index contributed by atoms with van der Waals surface area (Å²) in [6.45, 7) is 6.06. The van der Waals surface area contributed by atoms with E-state index >= 15 is 0 Å². The Kier molecular flexibility index (Phi) is 3.16. The molecule has 1 fully saturated rings. The van der Waals surface area contributed by atoms with Gasteiger partial charge < -0.3 is 10.1 Å². The number of rotatable bonds is 2. The molecule has 1 aliphatic rings.